The van der Waals surface area contributed by atoms with Gasteiger partial charge >= 0.3 is 5.97 Å². The topological polar surface area (TPSA) is 40.5 Å². The van der Waals surface area contributed by atoms with Gasteiger partial charge in [-0.3, -0.25) is 9.69 Å². The third-order valence-electron chi connectivity index (χ3n) is 5.11. The number of rotatable bonds is 3. The van der Waals surface area contributed by atoms with Crippen LogP contribution in [-0.2, 0) is 11.3 Å². The first-order chi connectivity index (χ1) is 9.70. The van der Waals surface area contributed by atoms with Crippen molar-refractivity contribution in [2.75, 3.05) is 13.1 Å². The molecule has 1 spiro atoms. The standard InChI is InChI=1S/C17H23NO2/c19-16(20)15-12-18(11-14-7-3-1-4-8-14)13-17(15)9-5-2-6-10-17/h1,3-4,7-8,15H,2,5-6,9-13H2,(H,19,20)/t15-/m1/s1. The van der Waals surface area contributed by atoms with Crippen LogP contribution in [0.2, 0.25) is 0 Å². The first kappa shape index (κ1) is 13.6. The molecule has 1 heterocycles. The Labute approximate surface area is 120 Å². The summed E-state index contributed by atoms with van der Waals surface area (Å²) in [6.07, 6.45) is 5.85. The van der Waals surface area contributed by atoms with Crippen molar-refractivity contribution in [2.45, 2.75) is 38.6 Å². The molecule has 20 heavy (non-hydrogen) atoms. The molecule has 0 bridgehead atoms. The SMILES string of the molecule is O=C(O)[C@H]1CN(Cc2ccccc2)CC12CCCCC2. The maximum absolute atomic E-state index is 11.6. The fourth-order valence-corrected chi connectivity index (χ4v) is 4.14. The zero-order chi connectivity index (χ0) is 14.0. The number of carboxylic acid groups (broad SMARTS) is 1. The molecule has 0 radical (unpaired) electrons. The van der Waals surface area contributed by atoms with Gasteiger partial charge in [0.05, 0.1) is 5.92 Å². The third-order valence-corrected chi connectivity index (χ3v) is 5.11. The second-order valence-corrected chi connectivity index (χ2v) is 6.47. The molecule has 1 atom stereocenters. The molecule has 1 aliphatic heterocycles. The Balaban J connectivity index is 1.74. The van der Waals surface area contributed by atoms with Crippen molar-refractivity contribution >= 4 is 5.97 Å². The lowest BCUT2D eigenvalue weighted by molar-refractivity contribution is -0.145. The Bertz CT molecular complexity index is 465. The molecule has 1 aromatic carbocycles. The number of likely N-dealkylation sites (tertiary alicyclic amines) is 1. The van der Waals surface area contributed by atoms with Gasteiger partial charge in [-0.15, -0.1) is 0 Å². The number of carbonyl (C=O) groups is 1. The van der Waals surface area contributed by atoms with Gasteiger partial charge in [0.1, 0.15) is 0 Å². The van der Waals surface area contributed by atoms with Crippen LogP contribution < -0.4 is 0 Å². The minimum absolute atomic E-state index is 0.0405. The number of hydrogen-bond acceptors (Lipinski definition) is 2. The highest BCUT2D eigenvalue weighted by molar-refractivity contribution is 5.72. The molecule has 108 valence electrons. The smallest absolute Gasteiger partial charge is 0.308 e. The van der Waals surface area contributed by atoms with Gasteiger partial charge in [-0.2, -0.15) is 0 Å². The van der Waals surface area contributed by atoms with Crippen LogP contribution in [0.15, 0.2) is 30.3 Å². The number of aliphatic carboxylic acids is 1. The lowest BCUT2D eigenvalue weighted by Crippen LogP contribution is -2.36. The lowest BCUT2D eigenvalue weighted by Gasteiger charge is -2.36. The average Bonchev–Trinajstić information content (AvgIpc) is 2.79. The third kappa shape index (κ3) is 2.59. The molecule has 1 saturated carbocycles. The molecule has 2 aliphatic rings. The van der Waals surface area contributed by atoms with E-state index in [-0.39, 0.29) is 11.3 Å². The van der Waals surface area contributed by atoms with Crippen LogP contribution in [0.4, 0.5) is 0 Å². The van der Waals surface area contributed by atoms with Gasteiger partial charge in [-0.05, 0) is 23.8 Å². The average molecular weight is 273 g/mol. The highest BCUT2D eigenvalue weighted by Gasteiger charge is 2.50. The van der Waals surface area contributed by atoms with Crippen molar-refractivity contribution in [3.63, 3.8) is 0 Å². The fraction of sp³-hybridized carbons (Fsp3) is 0.588. The second kappa shape index (κ2) is 5.57. The summed E-state index contributed by atoms with van der Waals surface area (Å²) in [4.78, 5) is 14.0. The van der Waals surface area contributed by atoms with Gasteiger partial charge in [-0.25, -0.2) is 0 Å². The van der Waals surface area contributed by atoms with Gasteiger partial charge in [0.2, 0.25) is 0 Å². The molecule has 1 N–H and O–H groups in total. The number of hydrogen-bond donors (Lipinski definition) is 1. The summed E-state index contributed by atoms with van der Waals surface area (Å²) in [7, 11) is 0. The van der Waals surface area contributed by atoms with Crippen molar-refractivity contribution in [3.05, 3.63) is 35.9 Å². The molecule has 3 rings (SSSR count). The van der Waals surface area contributed by atoms with Gasteiger partial charge in [0, 0.05) is 19.6 Å². The van der Waals surface area contributed by atoms with E-state index < -0.39 is 5.97 Å². The molecular weight excluding hydrogens is 250 g/mol. The van der Waals surface area contributed by atoms with Crippen LogP contribution in [0, 0.1) is 11.3 Å². The van der Waals surface area contributed by atoms with Crippen LogP contribution >= 0.6 is 0 Å². The molecular formula is C17H23NO2. The molecule has 3 nitrogen and oxygen atoms in total. The summed E-state index contributed by atoms with van der Waals surface area (Å²) in [5, 5.41) is 9.59. The molecule has 3 heteroatoms. The summed E-state index contributed by atoms with van der Waals surface area (Å²) < 4.78 is 0. The van der Waals surface area contributed by atoms with Crippen LogP contribution in [0.5, 0.6) is 0 Å². The maximum Gasteiger partial charge on any atom is 0.308 e. The Morgan fingerprint density at radius 3 is 2.55 bits per heavy atom. The summed E-state index contributed by atoms with van der Waals surface area (Å²) in [6, 6.07) is 10.4. The highest BCUT2D eigenvalue weighted by Crippen LogP contribution is 2.47. The van der Waals surface area contributed by atoms with Crippen molar-refractivity contribution in [2.24, 2.45) is 11.3 Å². The van der Waals surface area contributed by atoms with E-state index in [0.717, 1.165) is 25.9 Å². The van der Waals surface area contributed by atoms with E-state index in [1.807, 2.05) is 6.07 Å². The van der Waals surface area contributed by atoms with Crippen molar-refractivity contribution < 1.29 is 9.90 Å². The van der Waals surface area contributed by atoms with E-state index in [0.29, 0.717) is 6.54 Å². The first-order valence-corrected chi connectivity index (χ1v) is 7.69. The summed E-state index contributed by atoms with van der Waals surface area (Å²) in [5.74, 6) is -0.769. The van der Waals surface area contributed by atoms with Crippen molar-refractivity contribution in [1.29, 1.82) is 0 Å². The first-order valence-electron chi connectivity index (χ1n) is 7.69. The Morgan fingerprint density at radius 1 is 1.20 bits per heavy atom. The minimum atomic E-state index is -0.595. The number of benzene rings is 1. The largest absolute Gasteiger partial charge is 0.481 e. The van der Waals surface area contributed by atoms with Crippen LogP contribution in [0.3, 0.4) is 0 Å². The quantitative estimate of drug-likeness (QED) is 0.919. The molecule has 1 aliphatic carbocycles. The van der Waals surface area contributed by atoms with E-state index in [2.05, 4.69) is 29.2 Å². The lowest BCUT2D eigenvalue weighted by atomic mass is 9.68. The normalized spacial score (nSPS) is 25.9. The van der Waals surface area contributed by atoms with E-state index in [1.165, 1.54) is 24.8 Å². The van der Waals surface area contributed by atoms with Crippen LogP contribution in [0.1, 0.15) is 37.7 Å². The van der Waals surface area contributed by atoms with Crippen LogP contribution in [-0.4, -0.2) is 29.1 Å². The van der Waals surface area contributed by atoms with Gasteiger partial charge < -0.3 is 5.11 Å². The van der Waals surface area contributed by atoms with Crippen LogP contribution in [0.25, 0.3) is 0 Å². The number of nitrogens with zero attached hydrogens (tertiary/aromatic N) is 1. The van der Waals surface area contributed by atoms with Gasteiger partial charge in [-0.1, -0.05) is 49.6 Å². The Kier molecular flexibility index (Phi) is 3.79. The summed E-state index contributed by atoms with van der Waals surface area (Å²) in [6.45, 7) is 2.55. The zero-order valence-electron chi connectivity index (χ0n) is 11.9. The molecule has 0 aromatic heterocycles. The summed E-state index contributed by atoms with van der Waals surface area (Å²) >= 11 is 0. The minimum Gasteiger partial charge on any atom is -0.481 e. The Hall–Kier alpha value is -1.35. The zero-order valence-corrected chi connectivity index (χ0v) is 11.9. The maximum atomic E-state index is 11.6. The van der Waals surface area contributed by atoms with Crippen molar-refractivity contribution in [3.8, 4) is 0 Å². The highest BCUT2D eigenvalue weighted by atomic mass is 16.4. The van der Waals surface area contributed by atoms with Gasteiger partial charge in [0.25, 0.3) is 0 Å². The predicted molar refractivity (Wildman–Crippen MR) is 78.4 cm³/mol. The molecule has 1 aromatic rings. The molecule has 0 unspecified atom stereocenters. The molecule has 0 amide bonds. The number of carboxylic acids is 1. The monoisotopic (exact) mass is 273 g/mol. The van der Waals surface area contributed by atoms with E-state index in [9.17, 15) is 9.90 Å². The van der Waals surface area contributed by atoms with E-state index in [4.69, 9.17) is 0 Å². The van der Waals surface area contributed by atoms with E-state index in [1.54, 1.807) is 0 Å². The summed E-state index contributed by atoms with van der Waals surface area (Å²) in [5.41, 5.74) is 1.32. The Morgan fingerprint density at radius 2 is 1.90 bits per heavy atom. The molecule has 1 saturated heterocycles. The predicted octanol–water partition coefficient (Wildman–Crippen LogP) is 3.15. The fourth-order valence-electron chi connectivity index (χ4n) is 4.14. The van der Waals surface area contributed by atoms with E-state index >= 15 is 0 Å². The van der Waals surface area contributed by atoms with Gasteiger partial charge in [0.15, 0.2) is 0 Å². The molecule has 2 fully saturated rings. The second-order valence-electron chi connectivity index (χ2n) is 6.47. The van der Waals surface area contributed by atoms with Crippen molar-refractivity contribution in [1.82, 2.24) is 4.90 Å².